The average Bonchev–Trinajstić information content (AvgIpc) is 3.23. The molecule has 1 aliphatic carbocycles. The number of rotatable bonds is 5. The lowest BCUT2D eigenvalue weighted by molar-refractivity contribution is 0.679. The fraction of sp³-hybridized carbons (Fsp3) is 0.438. The van der Waals surface area contributed by atoms with Gasteiger partial charge in [-0.15, -0.1) is 0 Å². The predicted molar refractivity (Wildman–Crippen MR) is 87.8 cm³/mol. The molecule has 0 aliphatic heterocycles. The molecule has 0 unspecified atom stereocenters. The Labute approximate surface area is 135 Å². The molecule has 0 atom stereocenters. The van der Waals surface area contributed by atoms with Crippen LogP contribution in [0.15, 0.2) is 18.2 Å². The Morgan fingerprint density at radius 2 is 2.00 bits per heavy atom. The summed E-state index contributed by atoms with van der Waals surface area (Å²) in [6, 6.07) is 6.36. The number of nitrogens with zero attached hydrogens (tertiary/aromatic N) is 2. The van der Waals surface area contributed by atoms with Crippen molar-refractivity contribution in [2.24, 2.45) is 0 Å². The Morgan fingerprint density at radius 3 is 2.67 bits per heavy atom. The van der Waals surface area contributed by atoms with Crippen molar-refractivity contribution in [3.8, 4) is 5.69 Å². The molecule has 0 spiro atoms. The van der Waals surface area contributed by atoms with Crippen molar-refractivity contribution in [3.05, 3.63) is 45.2 Å². The molecule has 2 aromatic rings. The molecule has 1 fully saturated rings. The zero-order valence-corrected chi connectivity index (χ0v) is 13.8. The van der Waals surface area contributed by atoms with Crippen LogP contribution < -0.4 is 5.32 Å². The van der Waals surface area contributed by atoms with E-state index < -0.39 is 0 Å². The number of halogens is 2. The molecule has 3 nitrogen and oxygen atoms in total. The largest absolute Gasteiger partial charge is 0.314 e. The zero-order valence-electron chi connectivity index (χ0n) is 12.3. The molecule has 0 saturated heterocycles. The molecular formula is C16H19Cl2N3. The van der Waals surface area contributed by atoms with Gasteiger partial charge in [0.25, 0.3) is 0 Å². The number of aryl methyl sites for hydroxylation is 1. The molecule has 1 saturated carbocycles. The molecule has 21 heavy (non-hydrogen) atoms. The third kappa shape index (κ3) is 3.25. The minimum Gasteiger partial charge on any atom is -0.314 e. The van der Waals surface area contributed by atoms with E-state index >= 15 is 0 Å². The summed E-state index contributed by atoms with van der Waals surface area (Å²) in [4.78, 5) is 0. The van der Waals surface area contributed by atoms with Gasteiger partial charge in [-0.3, -0.25) is 0 Å². The van der Waals surface area contributed by atoms with Crippen molar-refractivity contribution in [2.75, 3.05) is 6.54 Å². The van der Waals surface area contributed by atoms with Gasteiger partial charge in [-0.2, -0.15) is 5.10 Å². The van der Waals surface area contributed by atoms with Crippen LogP contribution in [0.3, 0.4) is 0 Å². The molecule has 1 aliphatic rings. The summed E-state index contributed by atoms with van der Waals surface area (Å²) in [6.07, 6.45) is 3.65. The van der Waals surface area contributed by atoms with E-state index in [0.717, 1.165) is 30.4 Å². The number of hydrogen-bond acceptors (Lipinski definition) is 2. The summed E-state index contributed by atoms with van der Waals surface area (Å²) in [7, 11) is 0. The molecule has 0 bridgehead atoms. The van der Waals surface area contributed by atoms with E-state index in [1.165, 1.54) is 24.1 Å². The van der Waals surface area contributed by atoms with Gasteiger partial charge in [0.15, 0.2) is 0 Å². The van der Waals surface area contributed by atoms with Crippen molar-refractivity contribution in [3.63, 3.8) is 0 Å². The Hall–Kier alpha value is -1.03. The molecule has 0 radical (unpaired) electrons. The van der Waals surface area contributed by atoms with Crippen LogP contribution >= 0.6 is 23.2 Å². The highest BCUT2D eigenvalue weighted by atomic mass is 35.5. The second-order valence-electron chi connectivity index (χ2n) is 5.64. The molecule has 0 amide bonds. The Balaban J connectivity index is 1.83. The minimum atomic E-state index is 0.554. The first-order valence-corrected chi connectivity index (χ1v) is 8.06. The van der Waals surface area contributed by atoms with Gasteiger partial charge in [-0.25, -0.2) is 4.68 Å². The van der Waals surface area contributed by atoms with Gasteiger partial charge in [0.1, 0.15) is 0 Å². The van der Waals surface area contributed by atoms with E-state index in [9.17, 15) is 0 Å². The lowest BCUT2D eigenvalue weighted by atomic mass is 10.1. The highest BCUT2D eigenvalue weighted by molar-refractivity contribution is 6.42. The van der Waals surface area contributed by atoms with Gasteiger partial charge in [-0.05, 0) is 63.4 Å². The number of benzene rings is 1. The summed E-state index contributed by atoms with van der Waals surface area (Å²) in [5.74, 6) is 0. The average molecular weight is 324 g/mol. The van der Waals surface area contributed by atoms with E-state index in [4.69, 9.17) is 23.2 Å². The third-order valence-corrected chi connectivity index (χ3v) is 4.71. The first-order valence-electron chi connectivity index (χ1n) is 7.30. The maximum atomic E-state index is 6.10. The maximum absolute atomic E-state index is 6.10. The first-order chi connectivity index (χ1) is 10.1. The van der Waals surface area contributed by atoms with Gasteiger partial charge in [0.05, 0.1) is 21.4 Å². The molecule has 1 aromatic carbocycles. The van der Waals surface area contributed by atoms with Crippen molar-refractivity contribution in [1.29, 1.82) is 0 Å². The van der Waals surface area contributed by atoms with Crippen LogP contribution in [0.1, 0.15) is 29.8 Å². The smallest absolute Gasteiger partial charge is 0.0664 e. The van der Waals surface area contributed by atoms with E-state index in [1.54, 1.807) is 0 Å². The van der Waals surface area contributed by atoms with Crippen LogP contribution in [0.5, 0.6) is 0 Å². The summed E-state index contributed by atoms with van der Waals surface area (Å²) in [6.45, 7) is 5.18. The van der Waals surface area contributed by atoms with Gasteiger partial charge < -0.3 is 5.32 Å². The van der Waals surface area contributed by atoms with E-state index in [0.29, 0.717) is 10.0 Å². The number of nitrogens with one attached hydrogen (secondary N) is 1. The normalized spacial score (nSPS) is 14.7. The number of hydrogen-bond donors (Lipinski definition) is 1. The summed E-state index contributed by atoms with van der Waals surface area (Å²) in [5.41, 5.74) is 4.51. The van der Waals surface area contributed by atoms with Gasteiger partial charge >= 0.3 is 0 Å². The highest BCUT2D eigenvalue weighted by Crippen LogP contribution is 2.26. The third-order valence-electron chi connectivity index (χ3n) is 3.97. The van der Waals surface area contributed by atoms with Crippen molar-refractivity contribution >= 4 is 23.2 Å². The quantitative estimate of drug-likeness (QED) is 0.898. The molecule has 112 valence electrons. The second kappa shape index (κ2) is 5.99. The van der Waals surface area contributed by atoms with Gasteiger partial charge in [0, 0.05) is 11.7 Å². The van der Waals surface area contributed by atoms with E-state index in [-0.39, 0.29) is 0 Å². The highest BCUT2D eigenvalue weighted by Gasteiger charge is 2.20. The molecule has 5 heteroatoms. The monoisotopic (exact) mass is 323 g/mol. The second-order valence-corrected chi connectivity index (χ2v) is 6.45. The summed E-state index contributed by atoms with van der Waals surface area (Å²) >= 11 is 12.1. The zero-order chi connectivity index (χ0) is 15.0. The Kier molecular flexibility index (Phi) is 4.25. The lowest BCUT2D eigenvalue weighted by Gasteiger charge is -2.07. The van der Waals surface area contributed by atoms with Crippen LogP contribution in [0, 0.1) is 13.8 Å². The van der Waals surface area contributed by atoms with E-state index in [2.05, 4.69) is 24.3 Å². The van der Waals surface area contributed by atoms with Gasteiger partial charge in [0.2, 0.25) is 0 Å². The maximum Gasteiger partial charge on any atom is 0.0664 e. The SMILES string of the molecule is Cc1nn(-c2ccc(Cl)c(Cl)c2)c(C)c1CCNC1CC1. The fourth-order valence-electron chi connectivity index (χ4n) is 2.59. The van der Waals surface area contributed by atoms with Crippen molar-refractivity contribution in [2.45, 2.75) is 39.2 Å². The summed E-state index contributed by atoms with van der Waals surface area (Å²) < 4.78 is 1.95. The molecule has 3 rings (SSSR count). The molecule has 1 N–H and O–H groups in total. The fourth-order valence-corrected chi connectivity index (χ4v) is 2.89. The summed E-state index contributed by atoms with van der Waals surface area (Å²) in [5, 5.41) is 9.32. The molecule has 1 aromatic heterocycles. The van der Waals surface area contributed by atoms with E-state index in [1.807, 2.05) is 22.9 Å². The topological polar surface area (TPSA) is 29.9 Å². The Bertz CT molecular complexity index is 660. The van der Waals surface area contributed by atoms with Crippen LogP contribution in [0.25, 0.3) is 5.69 Å². The van der Waals surface area contributed by atoms with Crippen LogP contribution in [-0.2, 0) is 6.42 Å². The van der Waals surface area contributed by atoms with Gasteiger partial charge in [-0.1, -0.05) is 23.2 Å². The predicted octanol–water partition coefficient (Wildman–Crippen LogP) is 4.09. The van der Waals surface area contributed by atoms with Crippen molar-refractivity contribution in [1.82, 2.24) is 15.1 Å². The van der Waals surface area contributed by atoms with Crippen LogP contribution in [0.4, 0.5) is 0 Å². The van der Waals surface area contributed by atoms with Crippen molar-refractivity contribution < 1.29 is 0 Å². The molecular weight excluding hydrogens is 305 g/mol. The van der Waals surface area contributed by atoms with Crippen LogP contribution in [-0.4, -0.2) is 22.4 Å². The minimum absolute atomic E-state index is 0.554. The number of aromatic nitrogens is 2. The first kappa shape index (κ1) is 14.9. The van der Waals surface area contributed by atoms with Crippen LogP contribution in [0.2, 0.25) is 10.0 Å². The lowest BCUT2D eigenvalue weighted by Crippen LogP contribution is -2.19. The molecule has 1 heterocycles. The standard InChI is InChI=1S/C16H19Cl2N3/c1-10-14(7-8-19-12-3-4-12)11(2)21(20-10)13-5-6-15(17)16(18)9-13/h5-6,9,12,19H,3-4,7-8H2,1-2H3. The Morgan fingerprint density at radius 1 is 1.24 bits per heavy atom.